The lowest BCUT2D eigenvalue weighted by molar-refractivity contribution is 0.102. The van der Waals surface area contributed by atoms with E-state index in [1.54, 1.807) is 11.4 Å². The Balaban J connectivity index is 2.31. The normalized spacial score (nSPS) is 10.2. The van der Waals surface area contributed by atoms with Crippen LogP contribution in [0.3, 0.4) is 0 Å². The number of nitrogens with zero attached hydrogens (tertiary/aromatic N) is 2. The molecule has 1 aromatic heterocycles. The number of benzene rings is 1. The number of hydrogen-bond acceptors (Lipinski definition) is 5. The number of nitrogen functional groups attached to an aromatic ring is 1. The van der Waals surface area contributed by atoms with Gasteiger partial charge in [0.15, 0.2) is 5.69 Å². The smallest absolute Gasteiger partial charge is 0.277 e. The number of nitrogens with one attached hydrogen (secondary N) is 1. The minimum Gasteiger partial charge on any atom is -0.397 e. The zero-order valence-corrected chi connectivity index (χ0v) is 10.3. The van der Waals surface area contributed by atoms with Crippen LogP contribution in [0.4, 0.5) is 11.4 Å². The van der Waals surface area contributed by atoms with E-state index in [0.29, 0.717) is 17.1 Å². The second kappa shape index (κ2) is 4.50. The Morgan fingerprint density at radius 3 is 2.82 bits per heavy atom. The molecule has 0 radical (unpaired) electrons. The van der Waals surface area contributed by atoms with Gasteiger partial charge in [0.2, 0.25) is 0 Å². The van der Waals surface area contributed by atoms with E-state index in [4.69, 9.17) is 5.73 Å². The SMILES string of the molecule is Cc1ccc(N)c(NC(=O)c2csnn2)c1C. The monoisotopic (exact) mass is 248 g/mol. The molecule has 17 heavy (non-hydrogen) atoms. The van der Waals surface area contributed by atoms with Crippen LogP contribution in [-0.4, -0.2) is 15.5 Å². The van der Waals surface area contributed by atoms with E-state index < -0.39 is 0 Å². The Bertz CT molecular complexity index is 551. The van der Waals surface area contributed by atoms with Crippen LogP contribution in [0.1, 0.15) is 21.6 Å². The van der Waals surface area contributed by atoms with Crippen LogP contribution in [0.2, 0.25) is 0 Å². The van der Waals surface area contributed by atoms with Crippen LogP contribution in [0.15, 0.2) is 17.5 Å². The number of anilines is 2. The van der Waals surface area contributed by atoms with Crippen LogP contribution in [0.25, 0.3) is 0 Å². The van der Waals surface area contributed by atoms with Crippen molar-refractivity contribution in [1.29, 1.82) is 0 Å². The van der Waals surface area contributed by atoms with Crippen molar-refractivity contribution in [1.82, 2.24) is 9.59 Å². The Labute approximate surface area is 103 Å². The molecule has 0 aliphatic carbocycles. The van der Waals surface area contributed by atoms with Gasteiger partial charge in [-0.1, -0.05) is 10.6 Å². The summed E-state index contributed by atoms with van der Waals surface area (Å²) in [6.07, 6.45) is 0. The van der Waals surface area contributed by atoms with Crippen molar-refractivity contribution in [2.75, 3.05) is 11.1 Å². The topological polar surface area (TPSA) is 80.9 Å². The van der Waals surface area contributed by atoms with Crippen molar-refractivity contribution in [2.45, 2.75) is 13.8 Å². The third-order valence-electron chi connectivity index (χ3n) is 2.60. The summed E-state index contributed by atoms with van der Waals surface area (Å²) >= 11 is 1.14. The van der Waals surface area contributed by atoms with Gasteiger partial charge in [-0.05, 0) is 42.6 Å². The Kier molecular flexibility index (Phi) is 3.06. The molecule has 6 heteroatoms. The van der Waals surface area contributed by atoms with Crippen molar-refractivity contribution in [2.24, 2.45) is 0 Å². The summed E-state index contributed by atoms with van der Waals surface area (Å²) in [6, 6.07) is 3.70. The van der Waals surface area contributed by atoms with E-state index in [1.165, 1.54) is 0 Å². The molecule has 1 heterocycles. The van der Waals surface area contributed by atoms with Crippen molar-refractivity contribution in [3.63, 3.8) is 0 Å². The Hall–Kier alpha value is -1.95. The maximum Gasteiger partial charge on any atom is 0.277 e. The fraction of sp³-hybridized carbons (Fsp3) is 0.182. The van der Waals surface area contributed by atoms with E-state index in [1.807, 2.05) is 19.9 Å². The van der Waals surface area contributed by atoms with Crippen LogP contribution in [0, 0.1) is 13.8 Å². The molecule has 2 aromatic rings. The first-order valence-corrected chi connectivity index (χ1v) is 5.87. The summed E-state index contributed by atoms with van der Waals surface area (Å²) in [5, 5.41) is 8.07. The van der Waals surface area contributed by atoms with E-state index in [2.05, 4.69) is 14.9 Å². The third kappa shape index (κ3) is 2.26. The molecule has 0 saturated heterocycles. The molecule has 5 nitrogen and oxygen atoms in total. The summed E-state index contributed by atoms with van der Waals surface area (Å²) < 4.78 is 3.65. The molecule has 0 aliphatic rings. The van der Waals surface area contributed by atoms with E-state index in [9.17, 15) is 4.79 Å². The van der Waals surface area contributed by atoms with Gasteiger partial charge in [-0.3, -0.25) is 4.79 Å². The third-order valence-corrected chi connectivity index (χ3v) is 3.10. The maximum absolute atomic E-state index is 11.8. The summed E-state index contributed by atoms with van der Waals surface area (Å²) in [6.45, 7) is 3.88. The average Bonchev–Trinajstić information content (AvgIpc) is 2.83. The molecule has 0 spiro atoms. The molecule has 88 valence electrons. The highest BCUT2D eigenvalue weighted by molar-refractivity contribution is 7.03. The fourth-order valence-corrected chi connectivity index (χ4v) is 1.88. The summed E-state index contributed by atoms with van der Waals surface area (Å²) in [7, 11) is 0. The second-order valence-electron chi connectivity index (χ2n) is 3.72. The van der Waals surface area contributed by atoms with Gasteiger partial charge in [0.1, 0.15) is 0 Å². The number of hydrogen-bond donors (Lipinski definition) is 2. The minimum absolute atomic E-state index is 0.292. The standard InChI is InChI=1S/C11H12N4OS/c1-6-3-4-8(12)10(7(6)2)13-11(16)9-5-17-15-14-9/h3-5H,12H2,1-2H3,(H,13,16). The molecular formula is C11H12N4OS. The summed E-state index contributed by atoms with van der Waals surface area (Å²) in [5.74, 6) is -0.292. The van der Waals surface area contributed by atoms with Gasteiger partial charge in [-0.15, -0.1) is 5.10 Å². The predicted octanol–water partition coefficient (Wildman–Crippen LogP) is 1.99. The number of nitrogens with two attached hydrogens (primary N) is 1. The number of carbonyl (C=O) groups excluding carboxylic acids is 1. The quantitative estimate of drug-likeness (QED) is 0.796. The van der Waals surface area contributed by atoms with Gasteiger partial charge in [-0.2, -0.15) is 0 Å². The van der Waals surface area contributed by atoms with Gasteiger partial charge < -0.3 is 11.1 Å². The molecule has 0 atom stereocenters. The molecule has 0 fully saturated rings. The molecule has 0 saturated carbocycles. The highest BCUT2D eigenvalue weighted by Crippen LogP contribution is 2.26. The lowest BCUT2D eigenvalue weighted by atomic mass is 10.1. The number of amides is 1. The van der Waals surface area contributed by atoms with Gasteiger partial charge in [-0.25, -0.2) is 0 Å². The first kappa shape index (κ1) is 11.5. The molecule has 0 unspecified atom stereocenters. The number of rotatable bonds is 2. The van der Waals surface area contributed by atoms with Crippen LogP contribution in [0.5, 0.6) is 0 Å². The van der Waals surface area contributed by atoms with Gasteiger partial charge in [0.25, 0.3) is 5.91 Å². The minimum atomic E-state index is -0.292. The largest absolute Gasteiger partial charge is 0.397 e. The fourth-order valence-electron chi connectivity index (χ4n) is 1.44. The summed E-state index contributed by atoms with van der Waals surface area (Å²) in [4.78, 5) is 11.8. The maximum atomic E-state index is 11.8. The lowest BCUT2D eigenvalue weighted by Crippen LogP contribution is -2.15. The van der Waals surface area contributed by atoms with E-state index >= 15 is 0 Å². The number of aromatic nitrogens is 2. The van der Waals surface area contributed by atoms with Crippen molar-refractivity contribution in [3.8, 4) is 0 Å². The van der Waals surface area contributed by atoms with Crippen molar-refractivity contribution in [3.05, 3.63) is 34.3 Å². The van der Waals surface area contributed by atoms with Crippen LogP contribution < -0.4 is 11.1 Å². The molecule has 2 rings (SSSR count). The van der Waals surface area contributed by atoms with E-state index in [-0.39, 0.29) is 5.91 Å². The Morgan fingerprint density at radius 2 is 2.18 bits per heavy atom. The van der Waals surface area contributed by atoms with E-state index in [0.717, 1.165) is 22.7 Å². The van der Waals surface area contributed by atoms with Gasteiger partial charge in [0.05, 0.1) is 11.4 Å². The molecule has 1 amide bonds. The second-order valence-corrected chi connectivity index (χ2v) is 4.33. The first-order chi connectivity index (χ1) is 8.09. The Morgan fingerprint density at radius 1 is 1.41 bits per heavy atom. The van der Waals surface area contributed by atoms with Gasteiger partial charge >= 0.3 is 0 Å². The molecular weight excluding hydrogens is 236 g/mol. The lowest BCUT2D eigenvalue weighted by Gasteiger charge is -2.12. The number of aryl methyl sites for hydroxylation is 1. The number of carbonyl (C=O) groups is 1. The predicted molar refractivity (Wildman–Crippen MR) is 68.2 cm³/mol. The van der Waals surface area contributed by atoms with Gasteiger partial charge in [0, 0.05) is 5.38 Å². The zero-order valence-electron chi connectivity index (χ0n) is 9.52. The summed E-state index contributed by atoms with van der Waals surface area (Å²) in [5.41, 5.74) is 9.37. The highest BCUT2D eigenvalue weighted by Gasteiger charge is 2.13. The zero-order chi connectivity index (χ0) is 12.4. The molecule has 0 aliphatic heterocycles. The van der Waals surface area contributed by atoms with Crippen LogP contribution in [-0.2, 0) is 0 Å². The molecule has 1 aromatic carbocycles. The van der Waals surface area contributed by atoms with Crippen molar-refractivity contribution < 1.29 is 4.79 Å². The average molecular weight is 248 g/mol. The van der Waals surface area contributed by atoms with Crippen LogP contribution >= 0.6 is 11.5 Å². The highest BCUT2D eigenvalue weighted by atomic mass is 32.1. The molecule has 3 N–H and O–H groups in total. The van der Waals surface area contributed by atoms with Crippen molar-refractivity contribution >= 4 is 28.8 Å². The first-order valence-electron chi connectivity index (χ1n) is 5.03. The molecule has 0 bridgehead atoms.